The van der Waals surface area contributed by atoms with Gasteiger partial charge in [-0.15, -0.1) is 0 Å². The SMILES string of the molecule is c1ccc(-c2cc(-c3ccc(N(c4ccc5ccccc5c4-c4ccccc4)c4cccc5ccccc45)cc3)cc(-n3c4ccccc4c4ccccc43)c2)cc1. The summed E-state index contributed by atoms with van der Waals surface area (Å²) in [4.78, 5) is 2.45. The molecule has 0 aliphatic heterocycles. The summed E-state index contributed by atoms with van der Waals surface area (Å²) in [5.74, 6) is 0. The second-order valence-corrected chi connectivity index (χ2v) is 14.9. The predicted octanol–water partition coefficient (Wildman–Crippen LogP) is 15.6. The number of fused-ring (bicyclic) bond motifs is 5. The Kier molecular flexibility index (Phi) is 8.19. The van der Waals surface area contributed by atoms with Crippen molar-refractivity contribution in [2.75, 3.05) is 4.90 Å². The van der Waals surface area contributed by atoms with Crippen LogP contribution in [0.2, 0.25) is 0 Å². The Labute approximate surface area is 338 Å². The van der Waals surface area contributed by atoms with E-state index in [2.05, 4.69) is 240 Å². The number of para-hydroxylation sites is 2. The summed E-state index contributed by atoms with van der Waals surface area (Å²) in [6.07, 6.45) is 0. The Bertz CT molecular complexity index is 3210. The fraction of sp³-hybridized carbons (Fsp3) is 0. The molecule has 272 valence electrons. The van der Waals surface area contributed by atoms with Gasteiger partial charge in [-0.05, 0) is 98.6 Å². The van der Waals surface area contributed by atoms with Crippen molar-refractivity contribution in [3.63, 3.8) is 0 Å². The highest BCUT2D eigenvalue weighted by Crippen LogP contribution is 2.46. The van der Waals surface area contributed by atoms with Crippen LogP contribution < -0.4 is 4.90 Å². The molecule has 58 heavy (non-hydrogen) atoms. The zero-order valence-corrected chi connectivity index (χ0v) is 31.8. The first-order valence-corrected chi connectivity index (χ1v) is 19.9. The molecular formula is C56H38N2. The molecule has 11 rings (SSSR count). The lowest BCUT2D eigenvalue weighted by Crippen LogP contribution is -2.12. The van der Waals surface area contributed by atoms with Crippen LogP contribution in [0.25, 0.3) is 82.4 Å². The Balaban J connectivity index is 1.12. The van der Waals surface area contributed by atoms with Gasteiger partial charge in [-0.3, -0.25) is 0 Å². The first kappa shape index (κ1) is 33.6. The minimum absolute atomic E-state index is 1.09. The number of benzene rings is 10. The minimum atomic E-state index is 1.09. The lowest BCUT2D eigenvalue weighted by Gasteiger charge is -2.30. The van der Waals surface area contributed by atoms with Crippen molar-refractivity contribution >= 4 is 60.4 Å². The molecule has 2 heteroatoms. The van der Waals surface area contributed by atoms with Crippen LogP contribution in [-0.2, 0) is 0 Å². The van der Waals surface area contributed by atoms with Gasteiger partial charge in [-0.1, -0.05) is 176 Å². The van der Waals surface area contributed by atoms with Crippen LogP contribution in [0.3, 0.4) is 0 Å². The fourth-order valence-electron chi connectivity index (χ4n) is 8.87. The third-order valence-corrected chi connectivity index (χ3v) is 11.5. The maximum Gasteiger partial charge on any atom is 0.0546 e. The molecule has 0 aliphatic carbocycles. The lowest BCUT2D eigenvalue weighted by molar-refractivity contribution is 1.18. The largest absolute Gasteiger partial charge is 0.309 e. The standard InChI is InChI=1S/C56H38N2/c1-3-16-39(17-4-1)44-36-45(38-47(37-44)58-53-27-13-11-25-50(53)51-26-12-14-28-54(51)58)40-30-33-46(34-31-40)57(52-29-15-22-41-18-7-9-23-48(41)52)55-35-32-42-19-8-10-24-49(42)56(55)43-20-5-2-6-21-43/h1-38H. The van der Waals surface area contributed by atoms with Crippen LogP contribution in [0.5, 0.6) is 0 Å². The summed E-state index contributed by atoms with van der Waals surface area (Å²) in [5.41, 5.74) is 14.0. The number of aromatic nitrogens is 1. The summed E-state index contributed by atoms with van der Waals surface area (Å²) in [5, 5.41) is 7.36. The third kappa shape index (κ3) is 5.74. The molecule has 1 heterocycles. The molecule has 10 aromatic carbocycles. The molecule has 0 N–H and O–H groups in total. The molecule has 0 fully saturated rings. The van der Waals surface area contributed by atoms with Crippen molar-refractivity contribution < 1.29 is 0 Å². The molecule has 0 amide bonds. The molecule has 2 nitrogen and oxygen atoms in total. The molecule has 0 aliphatic rings. The molecule has 0 radical (unpaired) electrons. The second kappa shape index (κ2) is 14.1. The van der Waals surface area contributed by atoms with E-state index < -0.39 is 0 Å². The second-order valence-electron chi connectivity index (χ2n) is 14.9. The normalized spacial score (nSPS) is 11.4. The number of anilines is 3. The molecule has 0 spiro atoms. The van der Waals surface area contributed by atoms with Gasteiger partial charge in [0.1, 0.15) is 0 Å². The summed E-state index contributed by atoms with van der Waals surface area (Å²) >= 11 is 0. The van der Waals surface area contributed by atoms with Crippen molar-refractivity contribution in [2.24, 2.45) is 0 Å². The molecule has 0 bridgehead atoms. The van der Waals surface area contributed by atoms with Crippen molar-refractivity contribution in [3.8, 4) is 39.1 Å². The molecule has 0 atom stereocenters. The van der Waals surface area contributed by atoms with E-state index >= 15 is 0 Å². The van der Waals surface area contributed by atoms with E-state index in [1.807, 2.05) is 0 Å². The van der Waals surface area contributed by atoms with Gasteiger partial charge in [0.05, 0.1) is 22.4 Å². The molecule has 0 unspecified atom stereocenters. The van der Waals surface area contributed by atoms with E-state index in [0.29, 0.717) is 0 Å². The van der Waals surface area contributed by atoms with Gasteiger partial charge in [-0.25, -0.2) is 0 Å². The van der Waals surface area contributed by atoms with Crippen LogP contribution in [0, 0.1) is 0 Å². The van der Waals surface area contributed by atoms with Crippen LogP contribution in [-0.4, -0.2) is 4.57 Å². The maximum absolute atomic E-state index is 2.45. The van der Waals surface area contributed by atoms with Crippen molar-refractivity contribution in [2.45, 2.75) is 0 Å². The highest BCUT2D eigenvalue weighted by atomic mass is 15.1. The number of hydrogen-bond donors (Lipinski definition) is 0. The highest BCUT2D eigenvalue weighted by molar-refractivity contribution is 6.10. The zero-order chi connectivity index (χ0) is 38.4. The maximum atomic E-state index is 2.45. The van der Waals surface area contributed by atoms with E-state index in [-0.39, 0.29) is 0 Å². The smallest absolute Gasteiger partial charge is 0.0546 e. The third-order valence-electron chi connectivity index (χ3n) is 11.5. The van der Waals surface area contributed by atoms with Crippen LogP contribution in [0.15, 0.2) is 231 Å². The minimum Gasteiger partial charge on any atom is -0.309 e. The Morgan fingerprint density at radius 3 is 1.45 bits per heavy atom. The molecule has 0 saturated carbocycles. The first-order chi connectivity index (χ1) is 28.8. The highest BCUT2D eigenvalue weighted by Gasteiger charge is 2.22. The Hall–Kier alpha value is -7.68. The van der Waals surface area contributed by atoms with Crippen molar-refractivity contribution in [1.82, 2.24) is 4.57 Å². The number of nitrogens with zero attached hydrogens (tertiary/aromatic N) is 2. The van der Waals surface area contributed by atoms with Crippen LogP contribution in [0.4, 0.5) is 17.1 Å². The molecule has 11 aromatic rings. The lowest BCUT2D eigenvalue weighted by atomic mass is 9.94. The Morgan fingerprint density at radius 1 is 0.293 bits per heavy atom. The molecular weight excluding hydrogens is 701 g/mol. The first-order valence-electron chi connectivity index (χ1n) is 19.9. The van der Waals surface area contributed by atoms with Gasteiger partial charge in [0, 0.05) is 33.1 Å². The number of rotatable bonds is 7. The summed E-state index contributed by atoms with van der Waals surface area (Å²) < 4.78 is 2.42. The monoisotopic (exact) mass is 738 g/mol. The van der Waals surface area contributed by atoms with Gasteiger partial charge in [0.2, 0.25) is 0 Å². The van der Waals surface area contributed by atoms with E-state index in [0.717, 1.165) is 33.9 Å². The van der Waals surface area contributed by atoms with E-state index in [4.69, 9.17) is 0 Å². The van der Waals surface area contributed by atoms with E-state index in [9.17, 15) is 0 Å². The average Bonchev–Trinajstić information content (AvgIpc) is 3.64. The Morgan fingerprint density at radius 2 is 0.793 bits per heavy atom. The van der Waals surface area contributed by atoms with Crippen LogP contribution in [0.1, 0.15) is 0 Å². The van der Waals surface area contributed by atoms with Gasteiger partial charge < -0.3 is 9.47 Å². The van der Waals surface area contributed by atoms with Crippen molar-refractivity contribution in [3.05, 3.63) is 231 Å². The van der Waals surface area contributed by atoms with Gasteiger partial charge >= 0.3 is 0 Å². The molecule has 0 saturated heterocycles. The van der Waals surface area contributed by atoms with Crippen molar-refractivity contribution in [1.29, 1.82) is 0 Å². The zero-order valence-electron chi connectivity index (χ0n) is 31.8. The summed E-state index contributed by atoms with van der Waals surface area (Å²) in [6, 6.07) is 83.8. The quantitative estimate of drug-likeness (QED) is 0.158. The summed E-state index contributed by atoms with van der Waals surface area (Å²) in [7, 11) is 0. The summed E-state index contributed by atoms with van der Waals surface area (Å²) in [6.45, 7) is 0. The number of hydrogen-bond acceptors (Lipinski definition) is 1. The molecule has 1 aromatic heterocycles. The van der Waals surface area contributed by atoms with Gasteiger partial charge in [-0.2, -0.15) is 0 Å². The average molecular weight is 739 g/mol. The van der Waals surface area contributed by atoms with E-state index in [1.54, 1.807) is 0 Å². The fourth-order valence-corrected chi connectivity index (χ4v) is 8.87. The van der Waals surface area contributed by atoms with Gasteiger partial charge in [0.25, 0.3) is 0 Å². The topological polar surface area (TPSA) is 8.17 Å². The van der Waals surface area contributed by atoms with E-state index in [1.165, 1.54) is 65.6 Å². The van der Waals surface area contributed by atoms with Crippen LogP contribution >= 0.6 is 0 Å². The van der Waals surface area contributed by atoms with Gasteiger partial charge in [0.15, 0.2) is 0 Å². The predicted molar refractivity (Wildman–Crippen MR) is 247 cm³/mol.